The number of hydrogen-bond acceptors (Lipinski definition) is 4. The molecule has 0 atom stereocenters. The van der Waals surface area contributed by atoms with Crippen LogP contribution in [0.2, 0.25) is 10.0 Å². The molecule has 11 heteroatoms. The van der Waals surface area contributed by atoms with Gasteiger partial charge in [0.25, 0.3) is 21.8 Å². The average Bonchev–Trinajstić information content (AvgIpc) is 2.76. The molecule has 32 heavy (non-hydrogen) atoms. The zero-order chi connectivity index (χ0) is 23.5. The number of sulfonamides is 1. The van der Waals surface area contributed by atoms with Gasteiger partial charge in [0.1, 0.15) is 5.82 Å². The number of rotatable bonds is 6. The Morgan fingerprint density at radius 3 is 2.31 bits per heavy atom. The van der Waals surface area contributed by atoms with Crippen molar-refractivity contribution in [1.29, 1.82) is 0 Å². The molecule has 7 nitrogen and oxygen atoms in total. The van der Waals surface area contributed by atoms with Crippen molar-refractivity contribution >= 4 is 56.4 Å². The monoisotopic (exact) mass is 495 g/mol. The average molecular weight is 496 g/mol. The molecule has 0 spiro atoms. The van der Waals surface area contributed by atoms with Gasteiger partial charge in [-0.2, -0.15) is 0 Å². The normalized spacial score (nSPS) is 11.0. The fourth-order valence-electron chi connectivity index (χ4n) is 2.70. The van der Waals surface area contributed by atoms with Crippen molar-refractivity contribution in [2.75, 3.05) is 17.1 Å². The lowest BCUT2D eigenvalue weighted by Crippen LogP contribution is -2.20. The molecule has 0 bridgehead atoms. The van der Waals surface area contributed by atoms with Crippen LogP contribution in [-0.4, -0.2) is 27.3 Å². The highest BCUT2D eigenvalue weighted by molar-refractivity contribution is 7.92. The van der Waals surface area contributed by atoms with E-state index in [1.807, 2.05) is 0 Å². The van der Waals surface area contributed by atoms with Crippen molar-refractivity contribution in [3.8, 4) is 0 Å². The van der Waals surface area contributed by atoms with Gasteiger partial charge in [-0.3, -0.25) is 14.3 Å². The number of nitrogens with one attached hydrogen (secondary N) is 3. The predicted molar refractivity (Wildman–Crippen MR) is 121 cm³/mol. The van der Waals surface area contributed by atoms with Crippen LogP contribution in [0.25, 0.3) is 0 Å². The van der Waals surface area contributed by atoms with E-state index >= 15 is 0 Å². The second-order valence-corrected chi connectivity index (χ2v) is 8.99. The number of benzene rings is 3. The van der Waals surface area contributed by atoms with Crippen LogP contribution in [0.15, 0.2) is 65.6 Å². The van der Waals surface area contributed by atoms with Crippen LogP contribution in [0.3, 0.4) is 0 Å². The van der Waals surface area contributed by atoms with Gasteiger partial charge in [0, 0.05) is 24.0 Å². The van der Waals surface area contributed by atoms with E-state index < -0.39 is 27.7 Å². The molecule has 0 saturated heterocycles. The van der Waals surface area contributed by atoms with Crippen LogP contribution in [0, 0.1) is 5.82 Å². The number of carbonyl (C=O) groups is 2. The first-order valence-electron chi connectivity index (χ1n) is 9.01. The summed E-state index contributed by atoms with van der Waals surface area (Å²) in [5.74, 6) is -1.96. The van der Waals surface area contributed by atoms with Crippen LogP contribution < -0.4 is 15.4 Å². The van der Waals surface area contributed by atoms with Crippen LogP contribution in [0.5, 0.6) is 0 Å². The largest absolute Gasteiger partial charge is 0.355 e. The highest BCUT2D eigenvalue weighted by atomic mass is 35.5. The molecule has 0 saturated carbocycles. The number of anilines is 2. The van der Waals surface area contributed by atoms with Crippen molar-refractivity contribution in [3.05, 3.63) is 87.7 Å². The van der Waals surface area contributed by atoms with Gasteiger partial charge in [-0.25, -0.2) is 12.8 Å². The summed E-state index contributed by atoms with van der Waals surface area (Å²) < 4.78 is 41.4. The van der Waals surface area contributed by atoms with Crippen LogP contribution in [0.1, 0.15) is 20.7 Å². The lowest BCUT2D eigenvalue weighted by atomic mass is 10.1. The standard InChI is InChI=1S/C21H16Cl2FN3O4S/c1-25-21(29)16-10-13(5-8-19(16)24)26-20(28)12-3-2-4-14(9-12)27-32(30,31)15-6-7-17(22)18(23)11-15/h2-11,27H,1H3,(H,25,29)(H,26,28). The lowest BCUT2D eigenvalue weighted by Gasteiger charge is -2.11. The molecule has 0 radical (unpaired) electrons. The van der Waals surface area contributed by atoms with E-state index in [2.05, 4.69) is 15.4 Å². The molecule has 3 aromatic carbocycles. The van der Waals surface area contributed by atoms with E-state index in [9.17, 15) is 22.4 Å². The zero-order valence-electron chi connectivity index (χ0n) is 16.4. The summed E-state index contributed by atoms with van der Waals surface area (Å²) in [6, 6.07) is 13.2. The Labute approximate surface area is 193 Å². The molecule has 3 rings (SSSR count). The minimum Gasteiger partial charge on any atom is -0.355 e. The summed E-state index contributed by atoms with van der Waals surface area (Å²) in [4.78, 5) is 24.2. The minimum atomic E-state index is -3.99. The summed E-state index contributed by atoms with van der Waals surface area (Å²) in [5.41, 5.74) is 0.226. The topological polar surface area (TPSA) is 104 Å². The summed E-state index contributed by atoms with van der Waals surface area (Å²) >= 11 is 11.7. The zero-order valence-corrected chi connectivity index (χ0v) is 18.8. The molecule has 166 valence electrons. The van der Waals surface area contributed by atoms with Gasteiger partial charge >= 0.3 is 0 Å². The third-order valence-electron chi connectivity index (χ3n) is 4.27. The number of hydrogen-bond donors (Lipinski definition) is 3. The van der Waals surface area contributed by atoms with Gasteiger partial charge in [-0.05, 0) is 54.6 Å². The molecule has 3 N–H and O–H groups in total. The first-order valence-corrected chi connectivity index (χ1v) is 11.3. The van der Waals surface area contributed by atoms with E-state index in [-0.39, 0.29) is 37.4 Å². The molecule has 0 aliphatic carbocycles. The van der Waals surface area contributed by atoms with E-state index in [1.165, 1.54) is 61.6 Å². The third-order valence-corrected chi connectivity index (χ3v) is 6.39. The van der Waals surface area contributed by atoms with Gasteiger partial charge in [0.15, 0.2) is 0 Å². The maximum absolute atomic E-state index is 13.8. The van der Waals surface area contributed by atoms with Gasteiger partial charge in [0.05, 0.1) is 20.5 Å². The summed E-state index contributed by atoms with van der Waals surface area (Å²) in [7, 11) is -2.63. The molecule has 2 amide bonds. The predicted octanol–water partition coefficient (Wildman–Crippen LogP) is 4.55. The van der Waals surface area contributed by atoms with Crippen molar-refractivity contribution in [3.63, 3.8) is 0 Å². The van der Waals surface area contributed by atoms with Crippen LogP contribution in [-0.2, 0) is 10.0 Å². The molecule has 0 heterocycles. The highest BCUT2D eigenvalue weighted by Crippen LogP contribution is 2.26. The maximum atomic E-state index is 13.8. The number of amides is 2. The number of carbonyl (C=O) groups excluding carboxylic acids is 2. The first-order chi connectivity index (χ1) is 15.1. The Hall–Kier alpha value is -3.14. The highest BCUT2D eigenvalue weighted by Gasteiger charge is 2.17. The van der Waals surface area contributed by atoms with Crippen molar-refractivity contribution in [2.45, 2.75) is 4.90 Å². The van der Waals surface area contributed by atoms with Gasteiger partial charge in [-0.15, -0.1) is 0 Å². The molecular weight excluding hydrogens is 480 g/mol. The quantitative estimate of drug-likeness (QED) is 0.466. The second kappa shape index (κ2) is 9.56. The number of halogens is 3. The summed E-state index contributed by atoms with van der Waals surface area (Å²) in [6.45, 7) is 0. The van der Waals surface area contributed by atoms with Crippen LogP contribution in [0.4, 0.5) is 15.8 Å². The second-order valence-electron chi connectivity index (χ2n) is 6.49. The Morgan fingerprint density at radius 2 is 1.62 bits per heavy atom. The fraction of sp³-hybridized carbons (Fsp3) is 0.0476. The Morgan fingerprint density at radius 1 is 0.875 bits per heavy atom. The minimum absolute atomic E-state index is 0.0816. The van der Waals surface area contributed by atoms with Gasteiger partial charge < -0.3 is 10.6 Å². The van der Waals surface area contributed by atoms with Gasteiger partial charge in [-0.1, -0.05) is 29.3 Å². The molecule has 0 aliphatic heterocycles. The van der Waals surface area contributed by atoms with Crippen molar-refractivity contribution in [1.82, 2.24) is 5.32 Å². The Kier molecular flexibility index (Phi) is 7.02. The van der Waals surface area contributed by atoms with E-state index in [0.29, 0.717) is 0 Å². The Bertz CT molecular complexity index is 1320. The van der Waals surface area contributed by atoms with E-state index in [4.69, 9.17) is 23.2 Å². The molecule has 0 aromatic heterocycles. The summed E-state index contributed by atoms with van der Waals surface area (Å²) in [5, 5.41) is 5.15. The molecule has 0 unspecified atom stereocenters. The van der Waals surface area contributed by atoms with Crippen LogP contribution >= 0.6 is 23.2 Å². The molecule has 0 fully saturated rings. The van der Waals surface area contributed by atoms with E-state index in [0.717, 1.165) is 6.07 Å². The van der Waals surface area contributed by atoms with Gasteiger partial charge in [0.2, 0.25) is 0 Å². The lowest BCUT2D eigenvalue weighted by molar-refractivity contribution is 0.0957. The maximum Gasteiger partial charge on any atom is 0.261 e. The van der Waals surface area contributed by atoms with Crippen molar-refractivity contribution in [2.24, 2.45) is 0 Å². The molecule has 3 aromatic rings. The third kappa shape index (κ3) is 5.37. The summed E-state index contributed by atoms with van der Waals surface area (Å²) in [6.07, 6.45) is 0. The fourth-order valence-corrected chi connectivity index (χ4v) is 4.14. The molecular formula is C21H16Cl2FN3O4S. The smallest absolute Gasteiger partial charge is 0.261 e. The molecule has 0 aliphatic rings. The SMILES string of the molecule is CNC(=O)c1cc(NC(=O)c2cccc(NS(=O)(=O)c3ccc(Cl)c(Cl)c3)c2)ccc1F. The Balaban J connectivity index is 1.80. The first kappa shape index (κ1) is 23.5. The van der Waals surface area contributed by atoms with E-state index in [1.54, 1.807) is 0 Å². The van der Waals surface area contributed by atoms with Crippen molar-refractivity contribution < 1.29 is 22.4 Å².